The first-order valence-electron chi connectivity index (χ1n) is 10.7. The van der Waals surface area contributed by atoms with Crippen molar-refractivity contribution >= 4 is 17.8 Å². The van der Waals surface area contributed by atoms with Crippen LogP contribution in [-0.4, -0.2) is 60.0 Å². The molecule has 2 aliphatic rings. The molecule has 3 rings (SSSR count). The van der Waals surface area contributed by atoms with Crippen molar-refractivity contribution in [2.75, 3.05) is 20.2 Å². The van der Waals surface area contributed by atoms with Gasteiger partial charge in [-0.05, 0) is 56.2 Å². The number of halogens is 2. The number of amides is 4. The first kappa shape index (κ1) is 23.7. The summed E-state index contributed by atoms with van der Waals surface area (Å²) in [4.78, 5) is 40.5. The molecule has 0 atom stereocenters. The number of nitrogens with zero attached hydrogens (tertiary/aromatic N) is 2. The van der Waals surface area contributed by atoms with Crippen LogP contribution in [0.15, 0.2) is 18.2 Å². The molecule has 1 aromatic rings. The van der Waals surface area contributed by atoms with Crippen LogP contribution in [0.25, 0.3) is 0 Å². The highest BCUT2D eigenvalue weighted by atomic mass is 19.3. The van der Waals surface area contributed by atoms with E-state index in [-0.39, 0.29) is 37.1 Å². The Balaban J connectivity index is 1.64. The van der Waals surface area contributed by atoms with Crippen LogP contribution in [0.3, 0.4) is 0 Å². The van der Waals surface area contributed by atoms with E-state index in [2.05, 4.69) is 17.0 Å². The van der Waals surface area contributed by atoms with Crippen molar-refractivity contribution in [2.24, 2.45) is 5.92 Å². The summed E-state index contributed by atoms with van der Waals surface area (Å²) in [6.07, 6.45) is 2.85. The van der Waals surface area contributed by atoms with E-state index >= 15 is 0 Å². The van der Waals surface area contributed by atoms with Crippen LogP contribution in [0.2, 0.25) is 0 Å². The first-order chi connectivity index (χ1) is 15.1. The number of nitrogens with one attached hydrogen (secondary N) is 1. The summed E-state index contributed by atoms with van der Waals surface area (Å²) in [6.45, 7) is 0.887. The van der Waals surface area contributed by atoms with Gasteiger partial charge in [0.05, 0.1) is 6.61 Å². The van der Waals surface area contributed by atoms with Gasteiger partial charge in [-0.3, -0.25) is 14.5 Å². The van der Waals surface area contributed by atoms with E-state index in [0.29, 0.717) is 24.3 Å². The predicted molar refractivity (Wildman–Crippen MR) is 111 cm³/mol. The standard InChI is InChI=1S/C22H29F2N3O5/c1-4-31-17-11-15(5-6-16(17)32-20(23)24)12-26(3)18(28)13-27-19(29)22(25-21(27)30)9-7-14(2)8-10-22/h5-6,11,14,20H,4,7-10,12-13H2,1-3H3,(H,25,30). The Kier molecular flexibility index (Phi) is 7.20. The second-order valence-electron chi connectivity index (χ2n) is 8.43. The lowest BCUT2D eigenvalue weighted by Crippen LogP contribution is -2.50. The number of hydrogen-bond acceptors (Lipinski definition) is 5. The molecule has 2 fully saturated rings. The minimum absolute atomic E-state index is 0.0917. The van der Waals surface area contributed by atoms with Crippen LogP contribution in [-0.2, 0) is 16.1 Å². The molecular formula is C22H29F2N3O5. The average Bonchev–Trinajstić information content (AvgIpc) is 2.96. The summed E-state index contributed by atoms with van der Waals surface area (Å²) in [5.41, 5.74) is -0.268. The van der Waals surface area contributed by atoms with Crippen molar-refractivity contribution in [3.8, 4) is 11.5 Å². The number of hydrogen-bond donors (Lipinski definition) is 1. The monoisotopic (exact) mass is 453 g/mol. The van der Waals surface area contributed by atoms with E-state index in [4.69, 9.17) is 4.74 Å². The van der Waals surface area contributed by atoms with Gasteiger partial charge < -0.3 is 19.7 Å². The summed E-state index contributed by atoms with van der Waals surface area (Å²) in [6, 6.07) is 3.89. The van der Waals surface area contributed by atoms with Gasteiger partial charge in [0.15, 0.2) is 11.5 Å². The van der Waals surface area contributed by atoms with Gasteiger partial charge in [0.1, 0.15) is 12.1 Å². The molecule has 4 amide bonds. The third-order valence-electron chi connectivity index (χ3n) is 6.04. The fraction of sp³-hybridized carbons (Fsp3) is 0.591. The van der Waals surface area contributed by atoms with Crippen LogP contribution in [0.4, 0.5) is 13.6 Å². The Hall–Kier alpha value is -2.91. The summed E-state index contributed by atoms with van der Waals surface area (Å²) in [5, 5.41) is 2.80. The Labute approximate surface area is 185 Å². The van der Waals surface area contributed by atoms with Crippen LogP contribution in [0, 0.1) is 5.92 Å². The van der Waals surface area contributed by atoms with Gasteiger partial charge in [-0.15, -0.1) is 0 Å². The number of ether oxygens (including phenoxy) is 2. The molecule has 8 nitrogen and oxygen atoms in total. The van der Waals surface area contributed by atoms with Crippen LogP contribution in [0.1, 0.15) is 45.1 Å². The van der Waals surface area contributed by atoms with Gasteiger partial charge in [-0.2, -0.15) is 8.78 Å². The van der Waals surface area contributed by atoms with Gasteiger partial charge in [0.25, 0.3) is 5.91 Å². The van der Waals surface area contributed by atoms with Gasteiger partial charge in [0.2, 0.25) is 5.91 Å². The molecule has 1 saturated heterocycles. The fourth-order valence-electron chi connectivity index (χ4n) is 4.14. The molecule has 176 valence electrons. The molecule has 32 heavy (non-hydrogen) atoms. The molecular weight excluding hydrogens is 424 g/mol. The summed E-state index contributed by atoms with van der Waals surface area (Å²) >= 11 is 0. The maximum absolute atomic E-state index is 12.9. The minimum atomic E-state index is -2.98. The van der Waals surface area contributed by atoms with Gasteiger partial charge in [-0.1, -0.05) is 13.0 Å². The van der Waals surface area contributed by atoms with Crippen molar-refractivity contribution in [2.45, 2.75) is 58.2 Å². The van der Waals surface area contributed by atoms with Crippen LogP contribution in [0.5, 0.6) is 11.5 Å². The smallest absolute Gasteiger partial charge is 0.387 e. The molecule has 1 aliphatic heterocycles. The molecule has 1 saturated carbocycles. The average molecular weight is 453 g/mol. The van der Waals surface area contributed by atoms with E-state index in [1.165, 1.54) is 17.0 Å². The molecule has 1 heterocycles. The fourth-order valence-corrected chi connectivity index (χ4v) is 4.14. The maximum Gasteiger partial charge on any atom is 0.387 e. The van der Waals surface area contributed by atoms with Crippen molar-refractivity contribution in [1.29, 1.82) is 0 Å². The number of alkyl halides is 2. The van der Waals surface area contributed by atoms with Crippen molar-refractivity contribution in [1.82, 2.24) is 15.1 Å². The lowest BCUT2D eigenvalue weighted by Gasteiger charge is -2.33. The van der Waals surface area contributed by atoms with E-state index in [1.807, 2.05) is 0 Å². The molecule has 0 aromatic heterocycles. The molecule has 1 aliphatic carbocycles. The van der Waals surface area contributed by atoms with Crippen molar-refractivity contribution in [3.63, 3.8) is 0 Å². The second-order valence-corrected chi connectivity index (χ2v) is 8.43. The summed E-state index contributed by atoms with van der Waals surface area (Å²) in [5.74, 6) is -0.199. The zero-order valence-corrected chi connectivity index (χ0v) is 18.5. The first-order valence-corrected chi connectivity index (χ1v) is 10.7. The zero-order chi connectivity index (χ0) is 23.5. The van der Waals surface area contributed by atoms with E-state index in [0.717, 1.165) is 17.7 Å². The number of benzene rings is 1. The quantitative estimate of drug-likeness (QED) is 0.611. The van der Waals surface area contributed by atoms with Crippen molar-refractivity contribution < 1.29 is 32.6 Å². The number of carbonyl (C=O) groups excluding carboxylic acids is 3. The number of rotatable bonds is 8. The predicted octanol–water partition coefficient (Wildman–Crippen LogP) is 3.15. The van der Waals surface area contributed by atoms with Gasteiger partial charge in [0, 0.05) is 13.6 Å². The molecule has 0 bridgehead atoms. The van der Waals surface area contributed by atoms with E-state index in [1.54, 1.807) is 20.0 Å². The molecule has 1 spiro atoms. The lowest BCUT2D eigenvalue weighted by atomic mass is 9.77. The summed E-state index contributed by atoms with van der Waals surface area (Å²) in [7, 11) is 1.54. The van der Waals surface area contributed by atoms with Crippen LogP contribution < -0.4 is 14.8 Å². The van der Waals surface area contributed by atoms with Gasteiger partial charge >= 0.3 is 12.6 Å². The third-order valence-corrected chi connectivity index (χ3v) is 6.04. The minimum Gasteiger partial charge on any atom is -0.490 e. The normalized spacial score (nSPS) is 22.9. The Morgan fingerprint density at radius 2 is 1.97 bits per heavy atom. The number of imide groups is 1. The zero-order valence-electron chi connectivity index (χ0n) is 18.5. The Bertz CT molecular complexity index is 871. The molecule has 10 heteroatoms. The van der Waals surface area contributed by atoms with E-state index < -0.39 is 24.1 Å². The third kappa shape index (κ3) is 5.11. The second kappa shape index (κ2) is 9.70. The highest BCUT2D eigenvalue weighted by Gasteiger charge is 2.52. The largest absolute Gasteiger partial charge is 0.490 e. The van der Waals surface area contributed by atoms with E-state index in [9.17, 15) is 23.2 Å². The summed E-state index contributed by atoms with van der Waals surface area (Å²) < 4.78 is 35.0. The van der Waals surface area contributed by atoms with Crippen LogP contribution >= 0.6 is 0 Å². The molecule has 0 radical (unpaired) electrons. The molecule has 0 unspecified atom stereocenters. The van der Waals surface area contributed by atoms with Gasteiger partial charge in [-0.25, -0.2) is 4.79 Å². The Morgan fingerprint density at radius 3 is 2.59 bits per heavy atom. The number of carbonyl (C=O) groups is 3. The number of urea groups is 1. The maximum atomic E-state index is 12.9. The number of likely N-dealkylation sites (N-methyl/N-ethyl adjacent to an activating group) is 1. The molecule has 1 aromatic carbocycles. The van der Waals surface area contributed by atoms with Crippen molar-refractivity contribution in [3.05, 3.63) is 23.8 Å². The molecule has 1 N–H and O–H groups in total. The SMILES string of the molecule is CCOc1cc(CN(C)C(=O)CN2C(=O)NC3(CCC(C)CC3)C2=O)ccc1OC(F)F. The topological polar surface area (TPSA) is 88.2 Å². The highest BCUT2D eigenvalue weighted by Crippen LogP contribution is 2.36. The lowest BCUT2D eigenvalue weighted by molar-refractivity contribution is -0.139. The Morgan fingerprint density at radius 1 is 1.28 bits per heavy atom. The highest BCUT2D eigenvalue weighted by molar-refractivity contribution is 6.09.